The first-order valence-electron chi connectivity index (χ1n) is 3.10. The Bertz CT molecular complexity index is 238. The van der Waals surface area contributed by atoms with E-state index in [0.29, 0.717) is 5.57 Å². The van der Waals surface area contributed by atoms with Crippen LogP contribution in [0, 0.1) is 0 Å². The fourth-order valence-corrected chi connectivity index (χ4v) is 1.15. The molecule has 0 amide bonds. The molecule has 0 aromatic rings. The average Bonchev–Trinajstić information content (AvgIpc) is 1.84. The Kier molecular flexibility index (Phi) is 4.07. The van der Waals surface area contributed by atoms with Crippen LogP contribution in [0.15, 0.2) is 24.8 Å². The van der Waals surface area contributed by atoms with Crippen LogP contribution in [0.2, 0.25) is 0 Å². The molecule has 0 aliphatic rings. The second kappa shape index (κ2) is 4.31. The van der Waals surface area contributed by atoms with Crippen molar-refractivity contribution in [2.75, 3.05) is 12.4 Å². The molecule has 0 aromatic carbocycles. The fraction of sp³-hybridized carbons (Fsp3) is 0.429. The molecule has 0 saturated heterocycles. The Morgan fingerprint density at radius 1 is 1.64 bits per heavy atom. The SMILES string of the molecule is C=CCS(=O)(=O)OCC(=C)C. The zero-order valence-electron chi connectivity index (χ0n) is 6.54. The van der Waals surface area contributed by atoms with Crippen molar-refractivity contribution in [2.45, 2.75) is 6.92 Å². The molecule has 0 heterocycles. The lowest BCUT2D eigenvalue weighted by Gasteiger charge is -2.01. The maximum Gasteiger partial charge on any atom is 0.271 e. The molecule has 0 aromatic heterocycles. The van der Waals surface area contributed by atoms with E-state index in [4.69, 9.17) is 0 Å². The summed E-state index contributed by atoms with van der Waals surface area (Å²) in [6.07, 6.45) is 1.29. The zero-order valence-corrected chi connectivity index (χ0v) is 7.36. The van der Waals surface area contributed by atoms with E-state index in [2.05, 4.69) is 17.3 Å². The van der Waals surface area contributed by atoms with Crippen LogP contribution in [0.25, 0.3) is 0 Å². The van der Waals surface area contributed by atoms with Crippen LogP contribution in [0.4, 0.5) is 0 Å². The van der Waals surface area contributed by atoms with E-state index in [0.717, 1.165) is 0 Å². The molecule has 0 saturated carbocycles. The van der Waals surface area contributed by atoms with Crippen LogP contribution in [0.5, 0.6) is 0 Å². The van der Waals surface area contributed by atoms with Gasteiger partial charge in [0.1, 0.15) is 0 Å². The van der Waals surface area contributed by atoms with Gasteiger partial charge in [0.15, 0.2) is 0 Å². The lowest BCUT2D eigenvalue weighted by Crippen LogP contribution is -2.09. The van der Waals surface area contributed by atoms with Gasteiger partial charge in [0, 0.05) is 0 Å². The summed E-state index contributed by atoms with van der Waals surface area (Å²) in [5, 5.41) is 0. The fourth-order valence-electron chi connectivity index (χ4n) is 0.383. The summed E-state index contributed by atoms with van der Waals surface area (Å²) in [4.78, 5) is 0. The molecule has 0 radical (unpaired) electrons. The Labute approximate surface area is 67.5 Å². The quantitative estimate of drug-likeness (QED) is 0.465. The molecule has 0 rings (SSSR count). The topological polar surface area (TPSA) is 43.4 Å². The van der Waals surface area contributed by atoms with Gasteiger partial charge in [-0.25, -0.2) is 0 Å². The van der Waals surface area contributed by atoms with Gasteiger partial charge in [-0.15, -0.1) is 6.58 Å². The van der Waals surface area contributed by atoms with Crippen molar-refractivity contribution < 1.29 is 12.6 Å². The van der Waals surface area contributed by atoms with Crippen molar-refractivity contribution >= 4 is 10.1 Å². The molecule has 11 heavy (non-hydrogen) atoms. The Balaban J connectivity index is 3.93. The van der Waals surface area contributed by atoms with Crippen LogP contribution < -0.4 is 0 Å². The molecule has 0 fully saturated rings. The summed E-state index contributed by atoms with van der Waals surface area (Å²) in [6, 6.07) is 0. The first-order chi connectivity index (χ1) is 4.98. The highest BCUT2D eigenvalue weighted by Crippen LogP contribution is 1.97. The molecule has 4 heteroatoms. The second-order valence-electron chi connectivity index (χ2n) is 2.23. The smallest absolute Gasteiger partial charge is 0.265 e. The van der Waals surface area contributed by atoms with E-state index < -0.39 is 10.1 Å². The summed E-state index contributed by atoms with van der Waals surface area (Å²) < 4.78 is 26.1. The maximum atomic E-state index is 10.8. The molecular weight excluding hydrogens is 164 g/mol. The minimum Gasteiger partial charge on any atom is -0.265 e. The van der Waals surface area contributed by atoms with E-state index in [9.17, 15) is 8.42 Å². The van der Waals surface area contributed by atoms with Gasteiger partial charge in [0.25, 0.3) is 10.1 Å². The van der Waals surface area contributed by atoms with Gasteiger partial charge in [0.05, 0.1) is 12.4 Å². The van der Waals surface area contributed by atoms with E-state index in [1.165, 1.54) is 6.08 Å². The highest BCUT2D eigenvalue weighted by molar-refractivity contribution is 7.86. The normalized spacial score (nSPS) is 11.0. The van der Waals surface area contributed by atoms with Crippen molar-refractivity contribution in [3.05, 3.63) is 24.8 Å². The van der Waals surface area contributed by atoms with Crippen molar-refractivity contribution in [2.24, 2.45) is 0 Å². The first kappa shape index (κ1) is 10.4. The molecule has 0 atom stereocenters. The highest BCUT2D eigenvalue weighted by atomic mass is 32.2. The largest absolute Gasteiger partial charge is 0.271 e. The van der Waals surface area contributed by atoms with Crippen molar-refractivity contribution in [3.8, 4) is 0 Å². The molecule has 0 unspecified atom stereocenters. The number of rotatable bonds is 5. The minimum absolute atomic E-state index is 0.0518. The second-order valence-corrected chi connectivity index (χ2v) is 3.92. The summed E-state index contributed by atoms with van der Waals surface area (Å²) >= 11 is 0. The van der Waals surface area contributed by atoms with Gasteiger partial charge < -0.3 is 0 Å². The minimum atomic E-state index is -3.41. The van der Waals surface area contributed by atoms with E-state index >= 15 is 0 Å². The maximum absolute atomic E-state index is 10.8. The third kappa shape index (κ3) is 5.82. The summed E-state index contributed by atoms with van der Waals surface area (Å²) in [5.74, 6) is -0.152. The molecule has 64 valence electrons. The van der Waals surface area contributed by atoms with Gasteiger partial charge >= 0.3 is 0 Å². The van der Waals surface area contributed by atoms with Gasteiger partial charge in [-0.3, -0.25) is 4.18 Å². The molecule has 3 nitrogen and oxygen atoms in total. The summed E-state index contributed by atoms with van der Waals surface area (Å²) in [5.41, 5.74) is 0.678. The Morgan fingerprint density at radius 3 is 2.55 bits per heavy atom. The lowest BCUT2D eigenvalue weighted by molar-refractivity contribution is 0.350. The van der Waals surface area contributed by atoms with Crippen molar-refractivity contribution in [3.63, 3.8) is 0 Å². The van der Waals surface area contributed by atoms with Gasteiger partial charge in [-0.1, -0.05) is 18.2 Å². The van der Waals surface area contributed by atoms with E-state index in [1.807, 2.05) is 0 Å². The van der Waals surface area contributed by atoms with Crippen LogP contribution in [0.1, 0.15) is 6.92 Å². The number of hydrogen-bond donors (Lipinski definition) is 0. The molecule has 0 aliphatic carbocycles. The van der Waals surface area contributed by atoms with Crippen LogP contribution in [-0.4, -0.2) is 20.8 Å². The van der Waals surface area contributed by atoms with E-state index in [1.54, 1.807) is 6.92 Å². The summed E-state index contributed by atoms with van der Waals surface area (Å²) in [6.45, 7) is 8.54. The van der Waals surface area contributed by atoms with Crippen molar-refractivity contribution in [1.29, 1.82) is 0 Å². The van der Waals surface area contributed by atoms with Crippen LogP contribution in [0.3, 0.4) is 0 Å². The standard InChI is InChI=1S/C7H12O3S/c1-4-5-11(8,9)10-6-7(2)3/h4H,1-2,5-6H2,3H3. The van der Waals surface area contributed by atoms with Gasteiger partial charge in [0.2, 0.25) is 0 Å². The average molecular weight is 176 g/mol. The monoisotopic (exact) mass is 176 g/mol. The molecule has 0 bridgehead atoms. The Hall–Kier alpha value is -0.610. The van der Waals surface area contributed by atoms with Crippen LogP contribution >= 0.6 is 0 Å². The van der Waals surface area contributed by atoms with Gasteiger partial charge in [-0.2, -0.15) is 8.42 Å². The summed E-state index contributed by atoms with van der Waals surface area (Å²) in [7, 11) is -3.41. The molecular formula is C7H12O3S. The van der Waals surface area contributed by atoms with E-state index in [-0.39, 0.29) is 12.4 Å². The number of hydrogen-bond acceptors (Lipinski definition) is 3. The predicted octanol–water partition coefficient (Wildman–Crippen LogP) is 1.09. The van der Waals surface area contributed by atoms with Crippen molar-refractivity contribution in [1.82, 2.24) is 0 Å². The molecule has 0 N–H and O–H groups in total. The molecule has 0 aliphatic heterocycles. The highest BCUT2D eigenvalue weighted by Gasteiger charge is 2.06. The van der Waals surface area contributed by atoms with Crippen LogP contribution in [-0.2, 0) is 14.3 Å². The van der Waals surface area contributed by atoms with Gasteiger partial charge in [-0.05, 0) is 6.92 Å². The third-order valence-corrected chi connectivity index (χ3v) is 1.93. The predicted molar refractivity (Wildman–Crippen MR) is 44.7 cm³/mol. The Morgan fingerprint density at radius 2 is 2.18 bits per heavy atom. The first-order valence-corrected chi connectivity index (χ1v) is 4.68. The molecule has 0 spiro atoms. The zero-order chi connectivity index (χ0) is 8.91. The lowest BCUT2D eigenvalue weighted by atomic mass is 10.4. The third-order valence-electron chi connectivity index (χ3n) is 0.807.